The van der Waals surface area contributed by atoms with Crippen LogP contribution in [0, 0.1) is 5.92 Å². The maximum absolute atomic E-state index is 11.7. The zero-order chi connectivity index (χ0) is 20.7. The third-order valence-corrected chi connectivity index (χ3v) is 5.39. The lowest BCUT2D eigenvalue weighted by molar-refractivity contribution is -0.146. The summed E-state index contributed by atoms with van der Waals surface area (Å²) >= 11 is 0. The van der Waals surface area contributed by atoms with E-state index in [-0.39, 0.29) is 41.3 Å². The molecule has 2 rings (SSSR count). The van der Waals surface area contributed by atoms with Gasteiger partial charge in [-0.15, -0.1) is 24.0 Å². The van der Waals surface area contributed by atoms with E-state index in [1.165, 1.54) is 7.11 Å². The van der Waals surface area contributed by atoms with E-state index in [0.29, 0.717) is 6.54 Å². The van der Waals surface area contributed by atoms with Gasteiger partial charge >= 0.3 is 5.97 Å². The van der Waals surface area contributed by atoms with Gasteiger partial charge in [-0.25, -0.2) is 0 Å². The Hall–Kier alpha value is -1.71. The van der Waals surface area contributed by atoms with Gasteiger partial charge in [0.1, 0.15) is 0 Å². The first-order chi connectivity index (χ1) is 13.4. The Morgan fingerprint density at radius 2 is 1.79 bits per heavy atom. The van der Waals surface area contributed by atoms with Gasteiger partial charge in [-0.1, -0.05) is 19.9 Å². The number of likely N-dealkylation sites (tertiary alicyclic amines) is 1. The van der Waals surface area contributed by atoms with E-state index < -0.39 is 0 Å². The molecule has 1 fully saturated rings. The van der Waals surface area contributed by atoms with Gasteiger partial charge in [0.2, 0.25) is 0 Å². The Morgan fingerprint density at radius 3 is 2.31 bits per heavy atom. The lowest BCUT2D eigenvalue weighted by atomic mass is 9.84. The van der Waals surface area contributed by atoms with Gasteiger partial charge in [-0.05, 0) is 30.5 Å². The number of nitrogens with zero attached hydrogens (tertiary/aromatic N) is 2. The number of halogens is 1. The van der Waals surface area contributed by atoms with Gasteiger partial charge in [-0.2, -0.15) is 0 Å². The van der Waals surface area contributed by atoms with Crippen LogP contribution in [0.25, 0.3) is 0 Å². The van der Waals surface area contributed by atoms with Crippen molar-refractivity contribution in [3.05, 3.63) is 23.8 Å². The zero-order valence-electron chi connectivity index (χ0n) is 18.3. The number of carbonyl (C=O) groups is 1. The number of ether oxygens (including phenoxy) is 3. The molecular formula is C21H34IN3O4. The van der Waals surface area contributed by atoms with Gasteiger partial charge < -0.3 is 24.4 Å². The van der Waals surface area contributed by atoms with E-state index in [4.69, 9.17) is 14.2 Å². The molecule has 1 aromatic rings. The van der Waals surface area contributed by atoms with Crippen molar-refractivity contribution in [2.75, 3.05) is 48.0 Å². The van der Waals surface area contributed by atoms with Crippen LogP contribution in [0.1, 0.15) is 32.3 Å². The summed E-state index contributed by atoms with van der Waals surface area (Å²) < 4.78 is 15.6. The molecular weight excluding hydrogens is 485 g/mol. The molecule has 0 bridgehead atoms. The van der Waals surface area contributed by atoms with Crippen molar-refractivity contribution < 1.29 is 19.0 Å². The number of methoxy groups -OCH3 is 3. The van der Waals surface area contributed by atoms with Crippen LogP contribution >= 0.6 is 24.0 Å². The molecule has 0 atom stereocenters. The highest BCUT2D eigenvalue weighted by molar-refractivity contribution is 14.0. The quantitative estimate of drug-likeness (QED) is 0.270. The monoisotopic (exact) mass is 519 g/mol. The highest BCUT2D eigenvalue weighted by Crippen LogP contribution is 2.33. The molecule has 1 saturated heterocycles. The second-order valence-electron chi connectivity index (χ2n) is 7.64. The van der Waals surface area contributed by atoms with E-state index in [1.54, 1.807) is 21.3 Å². The third-order valence-electron chi connectivity index (χ3n) is 5.39. The number of piperidine rings is 1. The maximum atomic E-state index is 11.7. The molecule has 7 nitrogen and oxygen atoms in total. The van der Waals surface area contributed by atoms with Crippen molar-refractivity contribution in [2.45, 2.75) is 32.1 Å². The van der Waals surface area contributed by atoms with Crippen LogP contribution in [-0.4, -0.2) is 64.8 Å². The van der Waals surface area contributed by atoms with E-state index in [9.17, 15) is 4.79 Å². The number of guanidine groups is 1. The first-order valence-electron chi connectivity index (χ1n) is 9.62. The lowest BCUT2D eigenvalue weighted by Gasteiger charge is -2.35. The van der Waals surface area contributed by atoms with Crippen LogP contribution in [0.15, 0.2) is 23.2 Å². The van der Waals surface area contributed by atoms with Crippen molar-refractivity contribution in [2.24, 2.45) is 10.9 Å². The molecule has 1 aliphatic rings. The minimum Gasteiger partial charge on any atom is -0.493 e. The summed E-state index contributed by atoms with van der Waals surface area (Å²) in [5.41, 5.74) is 1.01. The number of hydrogen-bond acceptors (Lipinski definition) is 5. The number of benzene rings is 1. The molecule has 0 unspecified atom stereocenters. The summed E-state index contributed by atoms with van der Waals surface area (Å²) in [5, 5.41) is 3.49. The van der Waals surface area contributed by atoms with Crippen molar-refractivity contribution in [1.29, 1.82) is 0 Å². The Morgan fingerprint density at radius 1 is 1.17 bits per heavy atom. The number of hydrogen-bond donors (Lipinski definition) is 1. The number of carbonyl (C=O) groups excluding carboxylic acids is 1. The highest BCUT2D eigenvalue weighted by atomic mass is 127. The fourth-order valence-electron chi connectivity index (χ4n) is 3.49. The number of aliphatic imine (C=N–C) groups is 1. The van der Waals surface area contributed by atoms with E-state index in [0.717, 1.165) is 49.0 Å². The molecule has 1 aliphatic heterocycles. The van der Waals surface area contributed by atoms with Crippen molar-refractivity contribution in [3.63, 3.8) is 0 Å². The summed E-state index contributed by atoms with van der Waals surface area (Å²) in [6.45, 7) is 6.65. The summed E-state index contributed by atoms with van der Waals surface area (Å²) in [4.78, 5) is 18.3. The lowest BCUT2D eigenvalue weighted by Crippen LogP contribution is -2.49. The number of esters is 1. The van der Waals surface area contributed by atoms with E-state index >= 15 is 0 Å². The fraction of sp³-hybridized carbons (Fsp3) is 0.619. The summed E-state index contributed by atoms with van der Waals surface area (Å²) in [6, 6.07) is 6.01. The second kappa shape index (κ2) is 11.5. The third kappa shape index (κ3) is 6.38. The summed E-state index contributed by atoms with van der Waals surface area (Å²) in [6.07, 6.45) is 1.57. The molecule has 8 heteroatoms. The van der Waals surface area contributed by atoms with Crippen LogP contribution in [0.3, 0.4) is 0 Å². The van der Waals surface area contributed by atoms with Crippen LogP contribution in [0.2, 0.25) is 0 Å². The molecule has 1 N–H and O–H groups in total. The van der Waals surface area contributed by atoms with Crippen LogP contribution in [0.4, 0.5) is 0 Å². The molecule has 164 valence electrons. The van der Waals surface area contributed by atoms with Crippen LogP contribution < -0.4 is 14.8 Å². The Labute approximate surface area is 191 Å². The SMILES string of the molecule is CN=C(NCC(C)(C)c1ccc(OC)c(OC)c1)N1CCC(C(=O)OC)CC1.I. The molecule has 0 radical (unpaired) electrons. The Balaban J connectivity index is 0.00000420. The first kappa shape index (κ1) is 25.3. The van der Waals surface area contributed by atoms with Gasteiger partial charge in [0, 0.05) is 32.1 Å². The molecule has 0 aliphatic carbocycles. The topological polar surface area (TPSA) is 72.4 Å². The number of nitrogens with one attached hydrogen (secondary N) is 1. The van der Waals surface area contributed by atoms with Gasteiger partial charge in [-0.3, -0.25) is 9.79 Å². The minimum atomic E-state index is -0.139. The largest absolute Gasteiger partial charge is 0.493 e. The fourth-order valence-corrected chi connectivity index (χ4v) is 3.49. The van der Waals surface area contributed by atoms with E-state index in [1.807, 2.05) is 12.1 Å². The van der Waals surface area contributed by atoms with Gasteiger partial charge in [0.15, 0.2) is 17.5 Å². The zero-order valence-corrected chi connectivity index (χ0v) is 20.6. The average molecular weight is 519 g/mol. The van der Waals surface area contributed by atoms with Crippen molar-refractivity contribution in [1.82, 2.24) is 10.2 Å². The van der Waals surface area contributed by atoms with Crippen LogP contribution in [0.5, 0.6) is 11.5 Å². The van der Waals surface area contributed by atoms with Crippen molar-refractivity contribution in [3.8, 4) is 11.5 Å². The molecule has 0 spiro atoms. The average Bonchev–Trinajstić information content (AvgIpc) is 2.73. The smallest absolute Gasteiger partial charge is 0.308 e. The molecule has 0 amide bonds. The molecule has 0 saturated carbocycles. The van der Waals surface area contributed by atoms with E-state index in [2.05, 4.69) is 35.1 Å². The van der Waals surface area contributed by atoms with Gasteiger partial charge in [0.25, 0.3) is 0 Å². The first-order valence-corrected chi connectivity index (χ1v) is 9.62. The predicted molar refractivity (Wildman–Crippen MR) is 126 cm³/mol. The molecule has 0 aromatic heterocycles. The second-order valence-corrected chi connectivity index (χ2v) is 7.64. The molecule has 1 heterocycles. The minimum absolute atomic E-state index is 0. The predicted octanol–water partition coefficient (Wildman–Crippen LogP) is 3.06. The number of rotatable bonds is 6. The molecule has 1 aromatic carbocycles. The Bertz CT molecular complexity index is 701. The maximum Gasteiger partial charge on any atom is 0.308 e. The standard InChI is InChI=1S/C21H33N3O4.HI/c1-21(2,16-7-8-17(26-4)18(13-16)27-5)14-23-20(22-3)24-11-9-15(10-12-24)19(25)28-6;/h7-8,13,15H,9-12,14H2,1-6H3,(H,22,23);1H. The highest BCUT2D eigenvalue weighted by Gasteiger charge is 2.28. The summed E-state index contributed by atoms with van der Waals surface area (Å²) in [5.74, 6) is 2.18. The van der Waals surface area contributed by atoms with Crippen LogP contribution in [-0.2, 0) is 14.9 Å². The van der Waals surface area contributed by atoms with Gasteiger partial charge in [0.05, 0.1) is 27.2 Å². The molecule has 29 heavy (non-hydrogen) atoms. The van der Waals surface area contributed by atoms with Crippen molar-refractivity contribution >= 4 is 35.9 Å². The normalized spacial score (nSPS) is 15.4. The summed E-state index contributed by atoms with van der Waals surface area (Å²) in [7, 11) is 6.52. The Kier molecular flexibility index (Phi) is 10.0.